The first-order chi connectivity index (χ1) is 7.34. The van der Waals surface area contributed by atoms with E-state index in [-0.39, 0.29) is 0 Å². The number of ether oxygens (including phenoxy) is 1. The Morgan fingerprint density at radius 2 is 2.13 bits per heavy atom. The lowest BCUT2D eigenvalue weighted by Gasteiger charge is -2.26. The summed E-state index contributed by atoms with van der Waals surface area (Å²) in [7, 11) is 0. The number of aromatic nitrogens is 1. The maximum absolute atomic E-state index is 5.84. The first-order valence-corrected chi connectivity index (χ1v) is 5.60. The van der Waals surface area contributed by atoms with Gasteiger partial charge in [0.25, 0.3) is 0 Å². The highest BCUT2D eigenvalue weighted by Gasteiger charge is 2.18. The monoisotopic (exact) mass is 206 g/mol. The van der Waals surface area contributed by atoms with Gasteiger partial charge in [0.15, 0.2) is 0 Å². The van der Waals surface area contributed by atoms with E-state index < -0.39 is 0 Å². The summed E-state index contributed by atoms with van der Waals surface area (Å²) in [5, 5.41) is 0. The van der Waals surface area contributed by atoms with Crippen molar-refractivity contribution >= 4 is 0 Å². The minimum absolute atomic E-state index is 0.392. The molecule has 0 bridgehead atoms. The van der Waals surface area contributed by atoms with Crippen LogP contribution >= 0.6 is 0 Å². The smallest absolute Gasteiger partial charge is 0.0735 e. The Kier molecular flexibility index (Phi) is 3.69. The van der Waals surface area contributed by atoms with Gasteiger partial charge in [0.05, 0.1) is 12.7 Å². The molecule has 1 aromatic rings. The van der Waals surface area contributed by atoms with Crippen molar-refractivity contribution in [1.29, 1.82) is 0 Å². The van der Waals surface area contributed by atoms with E-state index in [9.17, 15) is 0 Å². The van der Waals surface area contributed by atoms with Gasteiger partial charge in [0.2, 0.25) is 0 Å². The van der Waals surface area contributed by atoms with Crippen LogP contribution in [0.5, 0.6) is 0 Å². The Morgan fingerprint density at radius 3 is 2.80 bits per heavy atom. The van der Waals surface area contributed by atoms with Crippen LogP contribution in [0.3, 0.4) is 0 Å². The molecule has 0 saturated heterocycles. The average Bonchev–Trinajstić information content (AvgIpc) is 2.30. The predicted octanol–water partition coefficient (Wildman–Crippen LogP) is 1.87. The maximum Gasteiger partial charge on any atom is 0.0735 e. The Labute approximate surface area is 90.7 Å². The highest BCUT2D eigenvalue weighted by atomic mass is 16.5. The van der Waals surface area contributed by atoms with Crippen LogP contribution in [-0.2, 0) is 11.3 Å². The van der Waals surface area contributed by atoms with Crippen LogP contribution in [0.2, 0.25) is 0 Å². The largest absolute Gasteiger partial charge is 0.373 e. The Balaban J connectivity index is 1.74. The van der Waals surface area contributed by atoms with E-state index in [0.717, 1.165) is 31.2 Å². The topological polar surface area (TPSA) is 48.1 Å². The molecule has 1 aromatic heterocycles. The highest BCUT2D eigenvalue weighted by molar-refractivity contribution is 5.06. The minimum atomic E-state index is 0.392. The molecule has 0 amide bonds. The van der Waals surface area contributed by atoms with Gasteiger partial charge < -0.3 is 10.5 Å². The molecule has 1 heterocycles. The van der Waals surface area contributed by atoms with Crippen molar-refractivity contribution in [3.05, 3.63) is 30.1 Å². The van der Waals surface area contributed by atoms with Gasteiger partial charge in [-0.05, 0) is 37.3 Å². The number of nitrogens with two attached hydrogens (primary N) is 1. The van der Waals surface area contributed by atoms with E-state index in [2.05, 4.69) is 4.98 Å². The number of pyridine rings is 1. The summed E-state index contributed by atoms with van der Waals surface area (Å²) < 4.78 is 5.82. The van der Waals surface area contributed by atoms with Gasteiger partial charge in [0.1, 0.15) is 0 Å². The molecule has 82 valence electrons. The molecule has 1 saturated carbocycles. The second-order valence-electron chi connectivity index (χ2n) is 4.21. The van der Waals surface area contributed by atoms with Crippen LogP contribution in [0, 0.1) is 0 Å². The standard InChI is InChI=1S/C12H18N2O/c13-11-3-5-12(6-4-11)15-9-10-2-1-7-14-8-10/h1-2,7-8,11-12H,3-6,9,13H2/t11-,12-. The minimum Gasteiger partial charge on any atom is -0.373 e. The molecule has 0 unspecified atom stereocenters. The summed E-state index contributed by atoms with van der Waals surface area (Å²) in [6, 6.07) is 4.38. The second kappa shape index (κ2) is 5.24. The molecular weight excluding hydrogens is 188 g/mol. The molecule has 1 aliphatic rings. The van der Waals surface area contributed by atoms with Gasteiger partial charge in [0, 0.05) is 18.4 Å². The fourth-order valence-electron chi connectivity index (χ4n) is 1.95. The van der Waals surface area contributed by atoms with Gasteiger partial charge in [-0.2, -0.15) is 0 Å². The zero-order valence-corrected chi connectivity index (χ0v) is 8.93. The molecule has 0 aliphatic heterocycles. The first kappa shape index (κ1) is 10.6. The van der Waals surface area contributed by atoms with Crippen LogP contribution in [0.1, 0.15) is 31.2 Å². The van der Waals surface area contributed by atoms with Gasteiger partial charge in [-0.3, -0.25) is 4.98 Å². The van der Waals surface area contributed by atoms with Crippen molar-refractivity contribution < 1.29 is 4.74 Å². The molecule has 3 heteroatoms. The van der Waals surface area contributed by atoms with Gasteiger partial charge in [-0.1, -0.05) is 6.07 Å². The lowest BCUT2D eigenvalue weighted by molar-refractivity contribution is 0.0137. The van der Waals surface area contributed by atoms with E-state index in [1.165, 1.54) is 0 Å². The molecule has 1 fully saturated rings. The lowest BCUT2D eigenvalue weighted by Crippen LogP contribution is -2.30. The lowest BCUT2D eigenvalue weighted by atomic mass is 9.94. The maximum atomic E-state index is 5.84. The molecule has 3 nitrogen and oxygen atoms in total. The van der Waals surface area contributed by atoms with Crippen LogP contribution < -0.4 is 5.73 Å². The number of nitrogens with zero attached hydrogens (tertiary/aromatic N) is 1. The van der Waals surface area contributed by atoms with Crippen LogP contribution in [0.25, 0.3) is 0 Å². The predicted molar refractivity (Wildman–Crippen MR) is 59.3 cm³/mol. The summed E-state index contributed by atoms with van der Waals surface area (Å²) in [6.07, 6.45) is 8.42. The molecule has 2 rings (SSSR count). The summed E-state index contributed by atoms with van der Waals surface area (Å²) in [5.74, 6) is 0. The molecular formula is C12H18N2O. The quantitative estimate of drug-likeness (QED) is 0.821. The number of rotatable bonds is 3. The van der Waals surface area contributed by atoms with Crippen LogP contribution in [-0.4, -0.2) is 17.1 Å². The van der Waals surface area contributed by atoms with Gasteiger partial charge in [-0.25, -0.2) is 0 Å². The van der Waals surface area contributed by atoms with E-state index in [0.29, 0.717) is 18.8 Å². The van der Waals surface area contributed by atoms with Gasteiger partial charge >= 0.3 is 0 Å². The van der Waals surface area contributed by atoms with Crippen molar-refractivity contribution in [3.63, 3.8) is 0 Å². The summed E-state index contributed by atoms with van der Waals surface area (Å²) in [4.78, 5) is 4.06. The van der Waals surface area contributed by atoms with E-state index in [1.54, 1.807) is 6.20 Å². The highest BCUT2D eigenvalue weighted by Crippen LogP contribution is 2.20. The molecule has 1 aliphatic carbocycles. The zero-order chi connectivity index (χ0) is 10.5. The van der Waals surface area contributed by atoms with Crippen molar-refractivity contribution in [1.82, 2.24) is 4.98 Å². The molecule has 0 aromatic carbocycles. The Morgan fingerprint density at radius 1 is 1.33 bits per heavy atom. The fraction of sp³-hybridized carbons (Fsp3) is 0.583. The van der Waals surface area contributed by atoms with Gasteiger partial charge in [-0.15, -0.1) is 0 Å². The molecule has 0 spiro atoms. The fourth-order valence-corrected chi connectivity index (χ4v) is 1.95. The number of hydrogen-bond donors (Lipinski definition) is 1. The second-order valence-corrected chi connectivity index (χ2v) is 4.21. The third kappa shape index (κ3) is 3.29. The molecule has 0 atom stereocenters. The first-order valence-electron chi connectivity index (χ1n) is 5.60. The molecule has 15 heavy (non-hydrogen) atoms. The normalized spacial score (nSPS) is 26.5. The third-order valence-electron chi connectivity index (χ3n) is 2.93. The van der Waals surface area contributed by atoms with E-state index in [4.69, 9.17) is 10.5 Å². The van der Waals surface area contributed by atoms with Crippen molar-refractivity contribution in [2.45, 2.75) is 44.4 Å². The van der Waals surface area contributed by atoms with E-state index in [1.807, 2.05) is 18.3 Å². The summed E-state index contributed by atoms with van der Waals surface area (Å²) >= 11 is 0. The molecule has 0 radical (unpaired) electrons. The van der Waals surface area contributed by atoms with Crippen LogP contribution in [0.15, 0.2) is 24.5 Å². The summed E-state index contributed by atoms with van der Waals surface area (Å²) in [5.41, 5.74) is 6.98. The van der Waals surface area contributed by atoms with Crippen molar-refractivity contribution in [2.24, 2.45) is 5.73 Å². The third-order valence-corrected chi connectivity index (χ3v) is 2.93. The zero-order valence-electron chi connectivity index (χ0n) is 8.93. The Bertz CT molecular complexity index is 281. The van der Waals surface area contributed by atoms with Crippen LogP contribution in [0.4, 0.5) is 0 Å². The average molecular weight is 206 g/mol. The SMILES string of the molecule is N[C@H]1CC[C@H](OCc2cccnc2)CC1. The number of hydrogen-bond acceptors (Lipinski definition) is 3. The van der Waals surface area contributed by atoms with Crippen molar-refractivity contribution in [2.75, 3.05) is 0 Å². The Hall–Kier alpha value is -0.930. The molecule has 2 N–H and O–H groups in total. The van der Waals surface area contributed by atoms with E-state index >= 15 is 0 Å². The van der Waals surface area contributed by atoms with Crippen molar-refractivity contribution in [3.8, 4) is 0 Å². The summed E-state index contributed by atoms with van der Waals surface area (Å²) in [6.45, 7) is 0.674.